The Balaban J connectivity index is 2.04. The number of ether oxygens (including phenoxy) is 1. The molecule has 1 aliphatic heterocycles. The minimum atomic E-state index is 0.331. The predicted octanol–water partition coefficient (Wildman–Crippen LogP) is 1.62. The summed E-state index contributed by atoms with van der Waals surface area (Å²) in [7, 11) is 0. The smallest absolute Gasteiger partial charge is 0.0726 e. The number of rotatable bonds is 1. The van der Waals surface area contributed by atoms with Gasteiger partial charge in [-0.15, -0.1) is 0 Å². The molecule has 0 amide bonds. The van der Waals surface area contributed by atoms with Gasteiger partial charge in [0.15, 0.2) is 0 Å². The van der Waals surface area contributed by atoms with Crippen LogP contribution in [0.1, 0.15) is 26.7 Å². The average molecular weight is 208 g/mol. The maximum atomic E-state index is 5.75. The monoisotopic (exact) mass is 208 g/mol. The Bertz CT molecular complexity index is 286. The average Bonchev–Trinajstić information content (AvgIpc) is 2.17. The molecule has 1 heterocycles. The van der Waals surface area contributed by atoms with Crippen LogP contribution in [0.5, 0.6) is 0 Å². The van der Waals surface area contributed by atoms with E-state index < -0.39 is 0 Å². The van der Waals surface area contributed by atoms with Gasteiger partial charge in [-0.2, -0.15) is 0 Å². The molecule has 0 aromatic heterocycles. The summed E-state index contributed by atoms with van der Waals surface area (Å²) in [6.07, 6.45) is 6.91. The predicted molar refractivity (Wildman–Crippen MR) is 61.2 cm³/mol. The lowest BCUT2D eigenvalue weighted by atomic mass is 10.1. The number of morpholine rings is 1. The van der Waals surface area contributed by atoms with Crippen LogP contribution in [-0.4, -0.2) is 30.2 Å². The summed E-state index contributed by atoms with van der Waals surface area (Å²) >= 11 is 0. The Kier molecular flexibility index (Phi) is 3.00. The fraction of sp³-hybridized carbons (Fsp3) is 0.667. The molecule has 2 atom stereocenters. The Hall–Kier alpha value is -0.960. The van der Waals surface area contributed by atoms with Crippen molar-refractivity contribution in [3.63, 3.8) is 0 Å². The second-order valence-corrected chi connectivity index (χ2v) is 4.56. The number of nitrogens with two attached hydrogens (primary N) is 1. The summed E-state index contributed by atoms with van der Waals surface area (Å²) in [5.74, 6) is 0. The van der Waals surface area contributed by atoms with Crippen molar-refractivity contribution < 1.29 is 4.74 Å². The van der Waals surface area contributed by atoms with Gasteiger partial charge in [-0.05, 0) is 38.8 Å². The first-order valence-electron chi connectivity index (χ1n) is 5.71. The van der Waals surface area contributed by atoms with Gasteiger partial charge in [-0.3, -0.25) is 0 Å². The van der Waals surface area contributed by atoms with Crippen LogP contribution in [0.15, 0.2) is 23.5 Å². The fourth-order valence-corrected chi connectivity index (χ4v) is 2.32. The van der Waals surface area contributed by atoms with E-state index in [0.29, 0.717) is 12.2 Å². The largest absolute Gasteiger partial charge is 0.402 e. The SMILES string of the molecule is CC1CN(C2=CC=C(N)CC2)CC(C)O1. The van der Waals surface area contributed by atoms with Gasteiger partial charge in [-0.25, -0.2) is 0 Å². The summed E-state index contributed by atoms with van der Waals surface area (Å²) in [5, 5.41) is 0. The first-order valence-corrected chi connectivity index (χ1v) is 5.71. The lowest BCUT2D eigenvalue weighted by Gasteiger charge is -2.38. The molecule has 0 spiro atoms. The zero-order chi connectivity index (χ0) is 10.8. The van der Waals surface area contributed by atoms with Gasteiger partial charge < -0.3 is 15.4 Å². The van der Waals surface area contributed by atoms with Gasteiger partial charge >= 0.3 is 0 Å². The van der Waals surface area contributed by atoms with Crippen molar-refractivity contribution in [1.29, 1.82) is 0 Å². The third-order valence-corrected chi connectivity index (χ3v) is 2.99. The summed E-state index contributed by atoms with van der Waals surface area (Å²) in [6.45, 7) is 6.28. The second kappa shape index (κ2) is 4.27. The molecule has 84 valence electrons. The van der Waals surface area contributed by atoms with Gasteiger partial charge in [0.25, 0.3) is 0 Å². The molecule has 0 bridgehead atoms. The summed E-state index contributed by atoms with van der Waals surface area (Å²) < 4.78 is 5.72. The molecule has 2 aliphatic rings. The van der Waals surface area contributed by atoms with Crippen LogP contribution < -0.4 is 5.73 Å². The van der Waals surface area contributed by atoms with Crippen LogP contribution in [0.2, 0.25) is 0 Å². The molecule has 0 saturated carbocycles. The molecule has 15 heavy (non-hydrogen) atoms. The molecule has 3 nitrogen and oxygen atoms in total. The minimum Gasteiger partial charge on any atom is -0.402 e. The molecule has 0 radical (unpaired) electrons. The van der Waals surface area contributed by atoms with Crippen molar-refractivity contribution in [1.82, 2.24) is 4.90 Å². The third kappa shape index (κ3) is 2.53. The topological polar surface area (TPSA) is 38.5 Å². The van der Waals surface area contributed by atoms with Crippen molar-refractivity contribution >= 4 is 0 Å². The van der Waals surface area contributed by atoms with Gasteiger partial charge in [0.1, 0.15) is 0 Å². The van der Waals surface area contributed by atoms with E-state index >= 15 is 0 Å². The first-order chi connectivity index (χ1) is 7.15. The molecule has 2 N–H and O–H groups in total. The van der Waals surface area contributed by atoms with Crippen LogP contribution in [0, 0.1) is 0 Å². The first kappa shape index (κ1) is 10.6. The highest BCUT2D eigenvalue weighted by Crippen LogP contribution is 2.22. The molecule has 3 heteroatoms. The minimum absolute atomic E-state index is 0.331. The van der Waals surface area contributed by atoms with Crippen molar-refractivity contribution in [2.75, 3.05) is 13.1 Å². The quantitative estimate of drug-likeness (QED) is 0.711. The summed E-state index contributed by atoms with van der Waals surface area (Å²) in [5.41, 5.74) is 8.16. The Morgan fingerprint density at radius 1 is 1.20 bits per heavy atom. The maximum Gasteiger partial charge on any atom is 0.0726 e. The van der Waals surface area contributed by atoms with Gasteiger partial charge in [-0.1, -0.05) is 0 Å². The van der Waals surface area contributed by atoms with E-state index in [0.717, 1.165) is 31.6 Å². The van der Waals surface area contributed by atoms with E-state index in [1.54, 1.807) is 0 Å². The molecule has 1 fully saturated rings. The van der Waals surface area contributed by atoms with E-state index in [4.69, 9.17) is 10.5 Å². The van der Waals surface area contributed by atoms with Crippen LogP contribution in [0.4, 0.5) is 0 Å². The van der Waals surface area contributed by atoms with Gasteiger partial charge in [0.2, 0.25) is 0 Å². The Morgan fingerprint density at radius 2 is 1.87 bits per heavy atom. The van der Waals surface area contributed by atoms with Crippen molar-refractivity contribution in [2.45, 2.75) is 38.9 Å². The van der Waals surface area contributed by atoms with Gasteiger partial charge in [0, 0.05) is 24.5 Å². The van der Waals surface area contributed by atoms with Gasteiger partial charge in [0.05, 0.1) is 12.2 Å². The molecule has 0 aromatic rings. The summed E-state index contributed by atoms with van der Waals surface area (Å²) in [4.78, 5) is 2.43. The number of allylic oxidation sites excluding steroid dienone is 4. The van der Waals surface area contributed by atoms with E-state index in [-0.39, 0.29) is 0 Å². The molecule has 2 unspecified atom stereocenters. The molecular weight excluding hydrogens is 188 g/mol. The zero-order valence-electron chi connectivity index (χ0n) is 9.57. The van der Waals surface area contributed by atoms with Crippen molar-refractivity contribution in [3.05, 3.63) is 23.5 Å². The fourth-order valence-electron chi connectivity index (χ4n) is 2.32. The van der Waals surface area contributed by atoms with Crippen molar-refractivity contribution in [2.24, 2.45) is 5.73 Å². The Morgan fingerprint density at radius 3 is 2.40 bits per heavy atom. The van der Waals surface area contributed by atoms with E-state index in [9.17, 15) is 0 Å². The molecular formula is C12H20N2O. The van der Waals surface area contributed by atoms with Crippen LogP contribution >= 0.6 is 0 Å². The molecule has 1 aliphatic carbocycles. The highest BCUT2D eigenvalue weighted by molar-refractivity contribution is 5.22. The van der Waals surface area contributed by atoms with E-state index in [1.807, 2.05) is 6.08 Å². The zero-order valence-corrected chi connectivity index (χ0v) is 9.57. The maximum absolute atomic E-state index is 5.75. The standard InChI is InChI=1S/C12H20N2O/c1-9-7-14(8-10(2)15-9)12-5-3-11(13)4-6-12/h3,5,9-10H,4,6-8,13H2,1-2H3. The molecule has 1 saturated heterocycles. The second-order valence-electron chi connectivity index (χ2n) is 4.56. The highest BCUT2D eigenvalue weighted by Gasteiger charge is 2.23. The van der Waals surface area contributed by atoms with E-state index in [1.165, 1.54) is 5.70 Å². The van der Waals surface area contributed by atoms with E-state index in [2.05, 4.69) is 24.8 Å². The van der Waals surface area contributed by atoms with Crippen LogP contribution in [0.25, 0.3) is 0 Å². The third-order valence-electron chi connectivity index (χ3n) is 2.99. The number of nitrogens with zero attached hydrogens (tertiary/aromatic N) is 1. The van der Waals surface area contributed by atoms with Crippen LogP contribution in [-0.2, 0) is 4.74 Å². The lowest BCUT2D eigenvalue weighted by molar-refractivity contribution is -0.0587. The normalized spacial score (nSPS) is 32.3. The molecule has 2 rings (SSSR count). The number of hydrogen-bond acceptors (Lipinski definition) is 3. The van der Waals surface area contributed by atoms with Crippen molar-refractivity contribution in [3.8, 4) is 0 Å². The Labute approximate surface area is 91.6 Å². The highest BCUT2D eigenvalue weighted by atomic mass is 16.5. The lowest BCUT2D eigenvalue weighted by Crippen LogP contribution is -2.44. The van der Waals surface area contributed by atoms with Crippen LogP contribution in [0.3, 0.4) is 0 Å². The summed E-state index contributed by atoms with van der Waals surface area (Å²) in [6, 6.07) is 0. The number of hydrogen-bond donors (Lipinski definition) is 1. The molecule has 0 aromatic carbocycles.